The van der Waals surface area contributed by atoms with Crippen LogP contribution in [0.15, 0.2) is 23.3 Å². The molecule has 21 heavy (non-hydrogen) atoms. The van der Waals surface area contributed by atoms with Crippen molar-refractivity contribution in [2.75, 3.05) is 5.01 Å². The molecular weight excluding hydrogens is 264 g/mol. The largest absolute Gasteiger partial charge is 0.368 e. The van der Waals surface area contributed by atoms with E-state index in [2.05, 4.69) is 21.6 Å². The van der Waals surface area contributed by atoms with E-state index in [4.69, 9.17) is 0 Å². The van der Waals surface area contributed by atoms with Gasteiger partial charge in [-0.15, -0.1) is 0 Å². The van der Waals surface area contributed by atoms with Gasteiger partial charge < -0.3 is 5.11 Å². The summed E-state index contributed by atoms with van der Waals surface area (Å²) in [5.41, 5.74) is 1.99. The molecule has 5 heteroatoms. The maximum absolute atomic E-state index is 11.2. The lowest BCUT2D eigenvalue weighted by Gasteiger charge is -2.32. The van der Waals surface area contributed by atoms with Crippen molar-refractivity contribution in [2.45, 2.75) is 46.3 Å². The molecule has 0 spiro atoms. The number of nitrogens with zero attached hydrogens (tertiary/aromatic N) is 4. The third-order valence-electron chi connectivity index (χ3n) is 4.62. The summed E-state index contributed by atoms with van der Waals surface area (Å²) >= 11 is 0. The van der Waals surface area contributed by atoms with Gasteiger partial charge in [0.15, 0.2) is 11.5 Å². The van der Waals surface area contributed by atoms with E-state index in [1.54, 1.807) is 5.01 Å². The number of hydrogen-bond acceptors (Lipinski definition) is 5. The van der Waals surface area contributed by atoms with E-state index >= 15 is 0 Å². The minimum absolute atomic E-state index is 0.0507. The first kappa shape index (κ1) is 14.2. The predicted octanol–water partition coefficient (Wildman–Crippen LogP) is 2.58. The molecular formula is C16H22N4O. The fourth-order valence-corrected chi connectivity index (χ4v) is 3.55. The van der Waals surface area contributed by atoms with Crippen LogP contribution < -0.4 is 5.01 Å². The van der Waals surface area contributed by atoms with E-state index < -0.39 is 5.72 Å². The van der Waals surface area contributed by atoms with Crippen molar-refractivity contribution in [1.82, 2.24) is 9.97 Å². The summed E-state index contributed by atoms with van der Waals surface area (Å²) in [6, 6.07) is 1.87. The first-order valence-electron chi connectivity index (χ1n) is 7.36. The van der Waals surface area contributed by atoms with Crippen LogP contribution in [0, 0.1) is 25.7 Å². The Kier molecular flexibility index (Phi) is 3.13. The van der Waals surface area contributed by atoms with Gasteiger partial charge >= 0.3 is 0 Å². The summed E-state index contributed by atoms with van der Waals surface area (Å²) in [5.74, 6) is 1.75. The molecule has 1 aromatic heterocycles. The Morgan fingerprint density at radius 1 is 1.38 bits per heavy atom. The number of hydrazone groups is 1. The number of rotatable bonds is 2. The quantitative estimate of drug-likeness (QED) is 0.849. The summed E-state index contributed by atoms with van der Waals surface area (Å²) in [6.45, 7) is 11.9. The van der Waals surface area contributed by atoms with Crippen molar-refractivity contribution in [3.63, 3.8) is 0 Å². The maximum Gasteiger partial charge on any atom is 0.168 e. The molecule has 0 bridgehead atoms. The Bertz CT molecular complexity index is 619. The van der Waals surface area contributed by atoms with Crippen LogP contribution in [0.2, 0.25) is 0 Å². The zero-order valence-corrected chi connectivity index (χ0v) is 13.1. The van der Waals surface area contributed by atoms with E-state index in [-0.39, 0.29) is 5.92 Å². The molecule has 0 amide bonds. The fourth-order valence-electron chi connectivity index (χ4n) is 3.55. The van der Waals surface area contributed by atoms with Crippen molar-refractivity contribution in [2.24, 2.45) is 16.9 Å². The normalized spacial score (nSPS) is 31.3. The number of allylic oxidation sites excluding steroid dienone is 1. The van der Waals surface area contributed by atoms with Crippen molar-refractivity contribution >= 4 is 11.5 Å². The van der Waals surface area contributed by atoms with Crippen LogP contribution >= 0.6 is 0 Å². The number of anilines is 1. The van der Waals surface area contributed by atoms with Crippen LogP contribution in [-0.2, 0) is 0 Å². The molecule has 1 aromatic rings. The number of aryl methyl sites for hydroxylation is 2. The highest BCUT2D eigenvalue weighted by Crippen LogP contribution is 2.49. The van der Waals surface area contributed by atoms with Crippen LogP contribution in [0.25, 0.3) is 0 Å². The molecule has 2 aliphatic rings. The molecule has 1 aliphatic carbocycles. The van der Waals surface area contributed by atoms with Crippen LogP contribution in [0.3, 0.4) is 0 Å². The summed E-state index contributed by atoms with van der Waals surface area (Å²) in [4.78, 5) is 8.75. The Labute approximate surface area is 125 Å². The lowest BCUT2D eigenvalue weighted by atomic mass is 9.95. The van der Waals surface area contributed by atoms with E-state index in [0.717, 1.165) is 23.4 Å². The van der Waals surface area contributed by atoms with Crippen LogP contribution in [0.4, 0.5) is 5.82 Å². The molecule has 0 unspecified atom stereocenters. The zero-order valence-electron chi connectivity index (χ0n) is 13.1. The summed E-state index contributed by atoms with van der Waals surface area (Å²) in [7, 11) is 0. The molecule has 0 aromatic carbocycles. The monoisotopic (exact) mass is 286 g/mol. The van der Waals surface area contributed by atoms with E-state index in [1.807, 2.05) is 33.8 Å². The van der Waals surface area contributed by atoms with Crippen molar-refractivity contribution in [3.05, 3.63) is 29.7 Å². The first-order valence-corrected chi connectivity index (χ1v) is 7.36. The second-order valence-corrected chi connectivity index (χ2v) is 6.38. The van der Waals surface area contributed by atoms with Gasteiger partial charge in [0.2, 0.25) is 0 Å². The van der Waals surface area contributed by atoms with Gasteiger partial charge in [-0.2, -0.15) is 5.10 Å². The van der Waals surface area contributed by atoms with Gasteiger partial charge in [0.05, 0.1) is 0 Å². The molecule has 1 N–H and O–H groups in total. The highest BCUT2D eigenvalue weighted by atomic mass is 16.3. The van der Waals surface area contributed by atoms with Crippen LogP contribution in [-0.4, -0.2) is 26.5 Å². The molecule has 5 nitrogen and oxygen atoms in total. The molecule has 3 atom stereocenters. The predicted molar refractivity (Wildman–Crippen MR) is 83.1 cm³/mol. The van der Waals surface area contributed by atoms with E-state index in [0.29, 0.717) is 24.0 Å². The van der Waals surface area contributed by atoms with E-state index in [9.17, 15) is 5.11 Å². The Hall–Kier alpha value is -1.75. The molecule has 0 radical (unpaired) electrons. The third-order valence-corrected chi connectivity index (χ3v) is 4.62. The zero-order chi connectivity index (χ0) is 15.4. The number of aliphatic hydroxyl groups is 1. The Morgan fingerprint density at radius 2 is 2.10 bits per heavy atom. The SMILES string of the molecule is C=C(C)[C@@H]1C[C@@H]2C(C)=NN(c3cc(C)nc(C)n3)[C@@]2(O)C1. The Morgan fingerprint density at radius 3 is 2.71 bits per heavy atom. The molecule has 2 heterocycles. The highest BCUT2D eigenvalue weighted by Gasteiger charge is 2.56. The van der Waals surface area contributed by atoms with Crippen molar-refractivity contribution in [3.8, 4) is 0 Å². The van der Waals surface area contributed by atoms with E-state index in [1.165, 1.54) is 0 Å². The molecule has 112 valence electrons. The average Bonchev–Trinajstić information content (AvgIpc) is 2.83. The highest BCUT2D eigenvalue weighted by molar-refractivity contribution is 5.90. The fraction of sp³-hybridized carbons (Fsp3) is 0.562. The second kappa shape index (κ2) is 4.63. The minimum Gasteiger partial charge on any atom is -0.368 e. The molecule has 3 rings (SSSR count). The van der Waals surface area contributed by atoms with Gasteiger partial charge in [0.25, 0.3) is 0 Å². The lowest BCUT2D eigenvalue weighted by Crippen LogP contribution is -2.46. The van der Waals surface area contributed by atoms with Crippen molar-refractivity contribution < 1.29 is 5.11 Å². The molecule has 1 aliphatic heterocycles. The summed E-state index contributed by atoms with van der Waals surface area (Å²) in [6.07, 6.45) is 1.55. The molecule has 0 saturated heterocycles. The topological polar surface area (TPSA) is 61.6 Å². The summed E-state index contributed by atoms with van der Waals surface area (Å²) in [5, 5.41) is 17.5. The lowest BCUT2D eigenvalue weighted by molar-refractivity contribution is 0.0294. The van der Waals surface area contributed by atoms with Gasteiger partial charge in [-0.05, 0) is 40.0 Å². The Balaban J connectivity index is 2.02. The maximum atomic E-state index is 11.2. The smallest absolute Gasteiger partial charge is 0.168 e. The van der Waals surface area contributed by atoms with Gasteiger partial charge in [-0.25, -0.2) is 15.0 Å². The van der Waals surface area contributed by atoms with Crippen LogP contribution in [0.1, 0.15) is 38.2 Å². The third kappa shape index (κ3) is 2.16. The standard InChI is InChI=1S/C16H22N4O/c1-9(2)13-7-14-11(4)19-20(16(14,21)8-13)15-6-10(3)17-12(5)18-15/h6,13-14,21H,1,7-8H2,2-5H3/t13-,14-,16-/m1/s1. The number of aromatic nitrogens is 2. The van der Waals surface area contributed by atoms with Crippen LogP contribution in [0.5, 0.6) is 0 Å². The molecule has 1 saturated carbocycles. The second-order valence-electron chi connectivity index (χ2n) is 6.38. The molecule has 1 fully saturated rings. The van der Waals surface area contributed by atoms with Crippen molar-refractivity contribution in [1.29, 1.82) is 0 Å². The number of fused-ring (bicyclic) bond motifs is 1. The number of hydrogen-bond donors (Lipinski definition) is 1. The average molecular weight is 286 g/mol. The van der Waals surface area contributed by atoms with Gasteiger partial charge in [-0.1, -0.05) is 12.2 Å². The van der Waals surface area contributed by atoms with Gasteiger partial charge in [0.1, 0.15) is 5.82 Å². The summed E-state index contributed by atoms with van der Waals surface area (Å²) < 4.78 is 0. The van der Waals surface area contributed by atoms with Gasteiger partial charge in [0, 0.05) is 29.8 Å². The minimum atomic E-state index is -0.985. The first-order chi connectivity index (χ1) is 9.81. The van der Waals surface area contributed by atoms with Gasteiger partial charge in [-0.3, -0.25) is 0 Å².